The van der Waals surface area contributed by atoms with Gasteiger partial charge in [0, 0.05) is 0 Å². The van der Waals surface area contributed by atoms with Gasteiger partial charge in [-0.1, -0.05) is 0 Å². The maximum absolute atomic E-state index is 10.4. The smallest absolute Gasteiger partial charge is 0.191 e. The van der Waals surface area contributed by atoms with E-state index in [2.05, 4.69) is 13.8 Å². The monoisotopic (exact) mass is 336 g/mol. The minimum Gasteiger partial charge on any atom is -0.790 e. The number of phosphoric acid groups is 2. The van der Waals surface area contributed by atoms with Crippen molar-refractivity contribution in [3.8, 4) is 0 Å². The lowest BCUT2D eigenvalue weighted by molar-refractivity contribution is -0.371. The summed E-state index contributed by atoms with van der Waals surface area (Å²) in [6.45, 7) is -1.07. The quantitative estimate of drug-likeness (QED) is 0.401. The molecule has 0 aliphatic carbocycles. The largest absolute Gasteiger partial charge is 0.790 e. The molecule has 1 fully saturated rings. The number of phosphoric ester groups is 2. The predicted molar refractivity (Wildman–Crippen MR) is 48.9 cm³/mol. The van der Waals surface area contributed by atoms with Crippen molar-refractivity contribution in [3.63, 3.8) is 0 Å². The number of rotatable bonds is 5. The van der Waals surface area contributed by atoms with Crippen molar-refractivity contribution in [2.75, 3.05) is 6.61 Å². The molecular weight excluding hydrogens is 326 g/mol. The second-order valence-electron chi connectivity index (χ2n) is 3.81. The molecule has 5 unspecified atom stereocenters. The summed E-state index contributed by atoms with van der Waals surface area (Å²) < 4.78 is 32.8. The van der Waals surface area contributed by atoms with E-state index < -0.39 is 53.0 Å². The lowest BCUT2D eigenvalue weighted by Gasteiger charge is -2.44. The van der Waals surface area contributed by atoms with E-state index in [0.29, 0.717) is 0 Å². The summed E-state index contributed by atoms with van der Waals surface area (Å²) in [7, 11) is -11.0. The van der Waals surface area contributed by atoms with Crippen LogP contribution in [0.3, 0.4) is 0 Å². The summed E-state index contributed by atoms with van der Waals surface area (Å²) in [6, 6.07) is 0. The van der Waals surface area contributed by atoms with Crippen LogP contribution in [0.2, 0.25) is 0 Å². The molecule has 0 aromatic rings. The summed E-state index contributed by atoms with van der Waals surface area (Å²) >= 11 is 0. The topological polar surface area (TPSA) is 215 Å². The molecule has 0 aromatic carbocycles. The highest BCUT2D eigenvalue weighted by molar-refractivity contribution is 7.43. The molecule has 0 bridgehead atoms. The second kappa shape index (κ2) is 6.44. The molecule has 3 N–H and O–H groups in total. The van der Waals surface area contributed by atoms with Crippen molar-refractivity contribution in [2.24, 2.45) is 0 Å². The third-order valence-electron chi connectivity index (χ3n) is 2.30. The number of aliphatic hydroxyl groups is 3. The molecule has 0 spiro atoms. The Morgan fingerprint density at radius 1 is 0.950 bits per heavy atom. The van der Waals surface area contributed by atoms with Gasteiger partial charge in [0.25, 0.3) is 0 Å². The van der Waals surface area contributed by atoms with Crippen molar-refractivity contribution < 1.29 is 57.8 Å². The fourth-order valence-corrected chi connectivity index (χ4v) is 2.19. The van der Waals surface area contributed by atoms with Crippen LogP contribution in [-0.4, -0.2) is 52.6 Å². The highest BCUT2D eigenvalue weighted by Gasteiger charge is 2.44. The molecule has 1 aliphatic heterocycles. The average molecular weight is 336 g/mol. The molecule has 1 heterocycles. The Balaban J connectivity index is 2.76. The average Bonchev–Trinajstić information content (AvgIpc) is 2.25. The van der Waals surface area contributed by atoms with Gasteiger partial charge < -0.3 is 57.8 Å². The molecule has 1 aliphatic rings. The van der Waals surface area contributed by atoms with Gasteiger partial charge in [-0.15, -0.1) is 0 Å². The Morgan fingerprint density at radius 3 is 1.95 bits per heavy atom. The third kappa shape index (κ3) is 5.45. The van der Waals surface area contributed by atoms with Gasteiger partial charge in [0.1, 0.15) is 24.4 Å². The molecule has 0 radical (unpaired) electrons. The van der Waals surface area contributed by atoms with Crippen molar-refractivity contribution in [2.45, 2.75) is 30.7 Å². The van der Waals surface area contributed by atoms with Gasteiger partial charge in [-0.25, -0.2) is 0 Å². The lowest BCUT2D eigenvalue weighted by Crippen LogP contribution is -2.59. The minimum atomic E-state index is -5.59. The van der Waals surface area contributed by atoms with E-state index in [1.807, 2.05) is 0 Å². The fourth-order valence-electron chi connectivity index (χ4n) is 1.43. The lowest BCUT2D eigenvalue weighted by atomic mass is 10.00. The van der Waals surface area contributed by atoms with E-state index in [-0.39, 0.29) is 0 Å². The van der Waals surface area contributed by atoms with Gasteiger partial charge in [-0.2, -0.15) is 0 Å². The summed E-state index contributed by atoms with van der Waals surface area (Å²) in [5.41, 5.74) is 0. The molecule has 120 valence electrons. The van der Waals surface area contributed by atoms with E-state index in [1.54, 1.807) is 0 Å². The predicted octanol–water partition coefficient (Wildman–Crippen LogP) is -5.52. The molecule has 20 heavy (non-hydrogen) atoms. The van der Waals surface area contributed by atoms with Crippen LogP contribution in [0.1, 0.15) is 0 Å². The molecule has 14 heteroatoms. The van der Waals surface area contributed by atoms with Crippen molar-refractivity contribution in [1.29, 1.82) is 0 Å². The van der Waals surface area contributed by atoms with Crippen molar-refractivity contribution in [1.82, 2.24) is 0 Å². The van der Waals surface area contributed by atoms with Crippen LogP contribution < -0.4 is 19.6 Å². The van der Waals surface area contributed by atoms with Gasteiger partial charge >= 0.3 is 0 Å². The summed E-state index contributed by atoms with van der Waals surface area (Å²) in [5, 5.41) is 28.1. The molecule has 5 atom stereocenters. The molecular formula is C6H10O12P2-4. The number of hydrogen-bond donors (Lipinski definition) is 3. The SMILES string of the molecule is O=P([O-])([O-])OCC1OC(OP(=O)([O-])[O-])C(O)C(O)C1O. The summed E-state index contributed by atoms with van der Waals surface area (Å²) in [6.07, 6.45) is -9.92. The first-order chi connectivity index (χ1) is 8.91. The highest BCUT2D eigenvalue weighted by atomic mass is 31.2. The Hall–Kier alpha value is 0.0600. The zero-order valence-electron chi connectivity index (χ0n) is 9.50. The summed E-state index contributed by atoms with van der Waals surface area (Å²) in [4.78, 5) is 41.3. The molecule has 1 rings (SSSR count). The minimum absolute atomic E-state index is 1.07. The second-order valence-corrected chi connectivity index (χ2v) is 6.07. The van der Waals surface area contributed by atoms with Crippen molar-refractivity contribution in [3.05, 3.63) is 0 Å². The van der Waals surface area contributed by atoms with Gasteiger partial charge in [0.15, 0.2) is 6.29 Å². The van der Waals surface area contributed by atoms with E-state index in [0.717, 1.165) is 0 Å². The molecule has 0 aromatic heterocycles. The molecule has 0 saturated carbocycles. The maximum Gasteiger partial charge on any atom is 0.191 e. The first kappa shape index (κ1) is 18.1. The van der Waals surface area contributed by atoms with Crippen LogP contribution >= 0.6 is 15.6 Å². The fraction of sp³-hybridized carbons (Fsp3) is 1.00. The van der Waals surface area contributed by atoms with Crippen LogP contribution in [-0.2, 0) is 22.9 Å². The van der Waals surface area contributed by atoms with E-state index in [9.17, 15) is 44.0 Å². The van der Waals surface area contributed by atoms with Gasteiger partial charge in [0.05, 0.1) is 22.3 Å². The van der Waals surface area contributed by atoms with E-state index >= 15 is 0 Å². The van der Waals surface area contributed by atoms with Crippen LogP contribution in [0.4, 0.5) is 0 Å². The molecule has 12 nitrogen and oxygen atoms in total. The Morgan fingerprint density at radius 2 is 1.50 bits per heavy atom. The first-order valence-corrected chi connectivity index (χ1v) is 7.89. The van der Waals surface area contributed by atoms with Gasteiger partial charge in [-0.3, -0.25) is 0 Å². The maximum atomic E-state index is 10.4. The Labute approximate surface area is 112 Å². The van der Waals surface area contributed by atoms with Crippen molar-refractivity contribution >= 4 is 15.6 Å². The van der Waals surface area contributed by atoms with Crippen LogP contribution in [0, 0.1) is 0 Å². The zero-order chi connectivity index (χ0) is 15.7. The van der Waals surface area contributed by atoms with Crippen LogP contribution in [0.25, 0.3) is 0 Å². The Kier molecular flexibility index (Phi) is 5.83. The van der Waals surface area contributed by atoms with Gasteiger partial charge in [-0.05, 0) is 0 Å². The van der Waals surface area contributed by atoms with Crippen LogP contribution in [0.15, 0.2) is 0 Å². The van der Waals surface area contributed by atoms with E-state index in [1.165, 1.54) is 0 Å². The Bertz CT molecular complexity index is 412. The zero-order valence-corrected chi connectivity index (χ0v) is 11.3. The number of hydrogen-bond acceptors (Lipinski definition) is 12. The number of ether oxygens (including phenoxy) is 1. The summed E-state index contributed by atoms with van der Waals surface area (Å²) in [5.74, 6) is 0. The third-order valence-corrected chi connectivity index (χ3v) is 3.23. The normalized spacial score (nSPS) is 36.0. The van der Waals surface area contributed by atoms with Gasteiger partial charge in [0.2, 0.25) is 0 Å². The van der Waals surface area contributed by atoms with E-state index in [4.69, 9.17) is 0 Å². The first-order valence-electron chi connectivity index (χ1n) is 4.97. The molecule has 1 saturated heterocycles. The van der Waals surface area contributed by atoms with Crippen LogP contribution in [0.5, 0.6) is 0 Å². The molecule has 0 amide bonds. The standard InChI is InChI=1S/C6H14O12P2/c7-3-2(1-16-19(10,11)12)17-6(5(9)4(3)8)18-20(13,14)15/h2-9H,1H2,(H2,10,11,12)(H2,13,14,15)/p-4. The number of aliphatic hydroxyl groups excluding tert-OH is 3. The highest BCUT2D eigenvalue weighted by Crippen LogP contribution is 2.34.